The van der Waals surface area contributed by atoms with Crippen molar-refractivity contribution in [2.45, 2.75) is 44.9 Å². The first-order valence-electron chi connectivity index (χ1n) is 18.3. The number of nitrogens with zero attached hydrogens (tertiary/aromatic N) is 6. The molecule has 17 heteroatoms. The molecule has 0 bridgehead atoms. The third-order valence-electron chi connectivity index (χ3n) is 10.1. The molecule has 2 aromatic carbocycles. The average molecular weight is 800 g/mol. The topological polar surface area (TPSA) is 151 Å². The Morgan fingerprint density at radius 1 is 1.02 bits per heavy atom. The molecule has 0 aliphatic carbocycles. The van der Waals surface area contributed by atoms with Gasteiger partial charge in [0.15, 0.2) is 0 Å². The minimum absolute atomic E-state index is 0.00174. The highest BCUT2D eigenvalue weighted by atomic mass is 19.4. The number of alkyl halides is 3. The van der Waals surface area contributed by atoms with Crippen molar-refractivity contribution in [1.29, 1.82) is 0 Å². The van der Waals surface area contributed by atoms with E-state index in [1.165, 1.54) is 55.3 Å². The van der Waals surface area contributed by atoms with Crippen LogP contribution in [0.15, 0.2) is 89.0 Å². The van der Waals surface area contributed by atoms with Crippen LogP contribution in [0.3, 0.4) is 0 Å². The van der Waals surface area contributed by atoms with Gasteiger partial charge in [-0.25, -0.2) is 18.5 Å². The molecule has 1 fully saturated rings. The lowest BCUT2D eigenvalue weighted by atomic mass is 9.99. The number of hydrogen-bond donors (Lipinski definition) is 1. The summed E-state index contributed by atoms with van der Waals surface area (Å²) in [4.78, 5) is 68.7. The maximum Gasteiger partial charge on any atom is 0.411 e. The van der Waals surface area contributed by atoms with Gasteiger partial charge < -0.3 is 19.7 Å². The molecule has 1 unspecified atom stereocenters. The Bertz CT molecular complexity index is 2640. The minimum Gasteiger partial charge on any atom is -0.464 e. The van der Waals surface area contributed by atoms with Crippen molar-refractivity contribution in [2.24, 2.45) is 7.05 Å². The smallest absolute Gasteiger partial charge is 0.411 e. The SMILES string of the molecule is Cc1ccc(CCOC(=O)C(Cc2ccc(-n3c(=O)c4ccncc4n(C)c3=O)c3ncccc23)NC(=O)c2c(C)cc(N3CCOC[C@@H]3C(F)(F)F)cc2F)cn1. The lowest BCUT2D eigenvalue weighted by Gasteiger charge is -2.38. The summed E-state index contributed by atoms with van der Waals surface area (Å²) >= 11 is 0. The van der Waals surface area contributed by atoms with Gasteiger partial charge in [0.1, 0.15) is 17.9 Å². The largest absolute Gasteiger partial charge is 0.464 e. The summed E-state index contributed by atoms with van der Waals surface area (Å²) < 4.78 is 70.3. The number of carbonyl (C=O) groups is 2. The van der Waals surface area contributed by atoms with E-state index in [1.807, 2.05) is 19.1 Å². The molecule has 1 aliphatic rings. The number of pyridine rings is 3. The Kier molecular flexibility index (Phi) is 11.1. The molecule has 1 saturated heterocycles. The molecule has 1 N–H and O–H groups in total. The molecule has 13 nitrogen and oxygen atoms in total. The maximum atomic E-state index is 15.9. The molecule has 4 aromatic heterocycles. The number of halogens is 4. The number of rotatable bonds is 10. The van der Waals surface area contributed by atoms with Gasteiger partial charge in [-0.15, -0.1) is 0 Å². The van der Waals surface area contributed by atoms with E-state index in [1.54, 1.807) is 24.4 Å². The van der Waals surface area contributed by atoms with Crippen molar-refractivity contribution in [2.75, 3.05) is 31.3 Å². The summed E-state index contributed by atoms with van der Waals surface area (Å²) in [6.45, 7) is 2.36. The normalized spacial score (nSPS) is 15.1. The van der Waals surface area contributed by atoms with Gasteiger partial charge in [-0.3, -0.25) is 29.1 Å². The van der Waals surface area contributed by atoms with Crippen LogP contribution in [-0.2, 0) is 34.2 Å². The van der Waals surface area contributed by atoms with Crippen LogP contribution in [0.1, 0.15) is 32.7 Å². The number of aromatic nitrogens is 5. The molecule has 1 aliphatic heterocycles. The Morgan fingerprint density at radius 2 is 1.83 bits per heavy atom. The van der Waals surface area contributed by atoms with Crippen molar-refractivity contribution in [3.05, 3.63) is 134 Å². The Hall–Kier alpha value is -6.49. The summed E-state index contributed by atoms with van der Waals surface area (Å²) in [5.41, 5.74) is 1.08. The van der Waals surface area contributed by atoms with E-state index < -0.39 is 59.4 Å². The van der Waals surface area contributed by atoms with Crippen LogP contribution >= 0.6 is 0 Å². The molecule has 300 valence electrons. The van der Waals surface area contributed by atoms with Crippen molar-refractivity contribution < 1.29 is 36.6 Å². The predicted molar refractivity (Wildman–Crippen MR) is 206 cm³/mol. The molecule has 2 atom stereocenters. The zero-order valence-corrected chi connectivity index (χ0v) is 31.5. The quantitative estimate of drug-likeness (QED) is 0.153. The van der Waals surface area contributed by atoms with E-state index in [9.17, 15) is 32.3 Å². The van der Waals surface area contributed by atoms with Gasteiger partial charge >= 0.3 is 17.8 Å². The van der Waals surface area contributed by atoms with Gasteiger partial charge in [0, 0.05) is 61.8 Å². The first kappa shape index (κ1) is 39.7. The third-order valence-corrected chi connectivity index (χ3v) is 10.1. The number of hydrogen-bond acceptors (Lipinski definition) is 10. The summed E-state index contributed by atoms with van der Waals surface area (Å²) in [6.07, 6.45) is 1.45. The van der Waals surface area contributed by atoms with E-state index in [2.05, 4.69) is 20.3 Å². The molecule has 1 amide bonds. The zero-order chi connectivity index (χ0) is 41.3. The van der Waals surface area contributed by atoms with Gasteiger partial charge in [0.05, 0.1) is 53.7 Å². The Balaban J connectivity index is 1.23. The third kappa shape index (κ3) is 7.89. The van der Waals surface area contributed by atoms with Crippen LogP contribution in [-0.4, -0.2) is 80.6 Å². The number of fused-ring (bicyclic) bond motifs is 2. The van der Waals surface area contributed by atoms with Crippen LogP contribution in [0.5, 0.6) is 0 Å². The molecule has 7 rings (SSSR count). The van der Waals surface area contributed by atoms with E-state index in [0.29, 0.717) is 22.9 Å². The second kappa shape index (κ2) is 16.2. The molecule has 5 heterocycles. The van der Waals surface area contributed by atoms with Crippen LogP contribution in [0.2, 0.25) is 0 Å². The van der Waals surface area contributed by atoms with E-state index in [-0.39, 0.29) is 54.0 Å². The van der Waals surface area contributed by atoms with Crippen molar-refractivity contribution in [3.8, 4) is 5.69 Å². The maximum absolute atomic E-state index is 15.9. The summed E-state index contributed by atoms with van der Waals surface area (Å²) in [5.74, 6) is -2.93. The molecule has 0 radical (unpaired) electrons. The summed E-state index contributed by atoms with van der Waals surface area (Å²) in [7, 11) is 1.51. The number of esters is 1. The molecule has 0 spiro atoms. The number of carbonyl (C=O) groups excluding carboxylic acids is 2. The molecule has 0 saturated carbocycles. The number of aryl methyl sites for hydroxylation is 3. The number of amides is 1. The predicted octanol–water partition coefficient (Wildman–Crippen LogP) is 4.68. The van der Waals surface area contributed by atoms with Gasteiger partial charge in [-0.2, -0.15) is 13.2 Å². The van der Waals surface area contributed by atoms with Crippen LogP contribution in [0.4, 0.5) is 23.2 Å². The number of nitrogens with one attached hydrogen (secondary N) is 1. The van der Waals surface area contributed by atoms with Gasteiger partial charge in [-0.05, 0) is 66.9 Å². The molecule has 6 aromatic rings. The Morgan fingerprint density at radius 3 is 2.57 bits per heavy atom. The van der Waals surface area contributed by atoms with Crippen LogP contribution in [0.25, 0.3) is 27.5 Å². The number of anilines is 1. The van der Waals surface area contributed by atoms with Gasteiger partial charge in [0.2, 0.25) is 0 Å². The standard InChI is InChI=1S/C41H37F4N7O6/c1-23-17-27(51-14-16-57-22-34(51)41(43,44)45)19-30(42)35(23)37(53)49-31(39(55)58-15-11-25-7-6-24(2)48-20-25)18-26-8-9-32(36-28(26)5-4-12-47-36)52-38(54)29-10-13-46-21-33(29)50(3)40(52)56/h4-10,12-13,17,19-21,31,34H,11,14-16,18,22H2,1-3H3,(H,49,53)/t31?,34-/m1/s1. The van der Waals surface area contributed by atoms with Crippen LogP contribution in [0, 0.1) is 19.7 Å². The second-order valence-corrected chi connectivity index (χ2v) is 13.9. The van der Waals surface area contributed by atoms with E-state index in [0.717, 1.165) is 26.8 Å². The first-order valence-corrected chi connectivity index (χ1v) is 18.3. The highest BCUT2D eigenvalue weighted by Crippen LogP contribution is 2.33. The summed E-state index contributed by atoms with van der Waals surface area (Å²) in [5, 5.41) is 3.28. The number of ether oxygens (including phenoxy) is 2. The fourth-order valence-corrected chi connectivity index (χ4v) is 7.11. The fourth-order valence-electron chi connectivity index (χ4n) is 7.11. The monoisotopic (exact) mass is 799 g/mol. The van der Waals surface area contributed by atoms with E-state index >= 15 is 4.39 Å². The molecule has 58 heavy (non-hydrogen) atoms. The first-order chi connectivity index (χ1) is 27.7. The molecular weight excluding hydrogens is 762 g/mol. The zero-order valence-electron chi connectivity index (χ0n) is 31.5. The van der Waals surface area contributed by atoms with Crippen molar-refractivity contribution in [3.63, 3.8) is 0 Å². The number of morpholine rings is 1. The number of benzene rings is 2. The fraction of sp³-hybridized carbons (Fsp3) is 0.293. The van der Waals surface area contributed by atoms with Crippen LogP contribution < -0.4 is 21.5 Å². The highest BCUT2D eigenvalue weighted by Gasteiger charge is 2.45. The highest BCUT2D eigenvalue weighted by molar-refractivity contribution is 5.99. The van der Waals surface area contributed by atoms with E-state index in [4.69, 9.17) is 9.47 Å². The minimum atomic E-state index is -4.65. The average Bonchev–Trinajstić information content (AvgIpc) is 3.20. The Labute approximate surface area is 327 Å². The lowest BCUT2D eigenvalue weighted by Crippen LogP contribution is -2.53. The molecular formula is C41H37F4N7O6. The van der Waals surface area contributed by atoms with Crippen molar-refractivity contribution >= 4 is 39.4 Å². The second-order valence-electron chi connectivity index (χ2n) is 13.9. The van der Waals surface area contributed by atoms with Gasteiger partial charge in [0.25, 0.3) is 11.5 Å². The van der Waals surface area contributed by atoms with Crippen molar-refractivity contribution in [1.82, 2.24) is 29.4 Å². The summed E-state index contributed by atoms with van der Waals surface area (Å²) in [6, 6.07) is 10.3. The van der Waals surface area contributed by atoms with Gasteiger partial charge in [-0.1, -0.05) is 18.2 Å². The lowest BCUT2D eigenvalue weighted by molar-refractivity contribution is -0.167.